The van der Waals surface area contributed by atoms with Gasteiger partial charge in [-0.05, 0) is 32.4 Å². The second-order valence-corrected chi connectivity index (χ2v) is 4.75. The van der Waals surface area contributed by atoms with Crippen molar-refractivity contribution in [1.82, 2.24) is 5.32 Å². The highest BCUT2D eigenvalue weighted by atomic mass is 19.1. The van der Waals surface area contributed by atoms with Crippen molar-refractivity contribution in [3.05, 3.63) is 29.6 Å². The van der Waals surface area contributed by atoms with E-state index in [2.05, 4.69) is 5.32 Å². The lowest BCUT2D eigenvalue weighted by Crippen LogP contribution is -2.43. The standard InChI is InChI=1S/C13H18FNO2/c1-4-7-13(2,3)15-12(17)10-6-5-9(14)8-11(10)16/h5-6,8,16H,4,7H2,1-3H3,(H,15,17). The van der Waals surface area contributed by atoms with E-state index in [4.69, 9.17) is 0 Å². The Balaban J connectivity index is 2.83. The van der Waals surface area contributed by atoms with Gasteiger partial charge in [-0.25, -0.2) is 4.39 Å². The number of amides is 1. The largest absolute Gasteiger partial charge is 0.507 e. The zero-order valence-corrected chi connectivity index (χ0v) is 10.4. The highest BCUT2D eigenvalue weighted by Crippen LogP contribution is 2.19. The fourth-order valence-electron chi connectivity index (χ4n) is 1.76. The van der Waals surface area contributed by atoms with Gasteiger partial charge in [-0.1, -0.05) is 13.3 Å². The zero-order valence-electron chi connectivity index (χ0n) is 10.4. The number of hydrogen-bond donors (Lipinski definition) is 2. The number of phenolic OH excluding ortho intramolecular Hbond substituents is 1. The van der Waals surface area contributed by atoms with Gasteiger partial charge in [0, 0.05) is 11.6 Å². The van der Waals surface area contributed by atoms with Crippen molar-refractivity contribution in [2.75, 3.05) is 0 Å². The van der Waals surface area contributed by atoms with Gasteiger partial charge in [0.25, 0.3) is 5.91 Å². The van der Waals surface area contributed by atoms with E-state index in [9.17, 15) is 14.3 Å². The molecule has 0 aromatic heterocycles. The third-order valence-corrected chi connectivity index (χ3v) is 2.53. The molecule has 0 radical (unpaired) electrons. The van der Waals surface area contributed by atoms with Crippen molar-refractivity contribution < 1.29 is 14.3 Å². The highest BCUT2D eigenvalue weighted by molar-refractivity contribution is 5.97. The Labute approximate surface area is 101 Å². The molecule has 94 valence electrons. The van der Waals surface area contributed by atoms with Crippen LogP contribution in [0.1, 0.15) is 44.0 Å². The molecule has 1 rings (SSSR count). The molecule has 0 aliphatic heterocycles. The molecule has 0 atom stereocenters. The fraction of sp³-hybridized carbons (Fsp3) is 0.462. The van der Waals surface area contributed by atoms with Crippen LogP contribution >= 0.6 is 0 Å². The quantitative estimate of drug-likeness (QED) is 0.848. The maximum atomic E-state index is 12.8. The lowest BCUT2D eigenvalue weighted by atomic mass is 9.98. The molecule has 0 saturated heterocycles. The molecule has 17 heavy (non-hydrogen) atoms. The van der Waals surface area contributed by atoms with E-state index in [0.29, 0.717) is 0 Å². The SMILES string of the molecule is CCCC(C)(C)NC(=O)c1ccc(F)cc1O. The summed E-state index contributed by atoms with van der Waals surface area (Å²) in [6.07, 6.45) is 1.78. The summed E-state index contributed by atoms with van der Waals surface area (Å²) < 4.78 is 12.8. The molecule has 0 fully saturated rings. The van der Waals surface area contributed by atoms with Crippen LogP contribution < -0.4 is 5.32 Å². The van der Waals surface area contributed by atoms with E-state index in [-0.39, 0.29) is 22.8 Å². The van der Waals surface area contributed by atoms with E-state index in [1.807, 2.05) is 20.8 Å². The molecule has 0 aliphatic rings. The smallest absolute Gasteiger partial charge is 0.255 e. The molecule has 2 N–H and O–H groups in total. The van der Waals surface area contributed by atoms with Crippen molar-refractivity contribution >= 4 is 5.91 Å². The van der Waals surface area contributed by atoms with Crippen LogP contribution in [0.25, 0.3) is 0 Å². The van der Waals surface area contributed by atoms with Gasteiger partial charge in [0.2, 0.25) is 0 Å². The van der Waals surface area contributed by atoms with Crippen molar-refractivity contribution in [1.29, 1.82) is 0 Å². The second-order valence-electron chi connectivity index (χ2n) is 4.75. The number of phenols is 1. The van der Waals surface area contributed by atoms with Gasteiger partial charge in [0.1, 0.15) is 11.6 Å². The van der Waals surface area contributed by atoms with Crippen LogP contribution in [0.15, 0.2) is 18.2 Å². The number of carbonyl (C=O) groups is 1. The Morgan fingerprint density at radius 3 is 2.65 bits per heavy atom. The Morgan fingerprint density at radius 1 is 1.47 bits per heavy atom. The predicted octanol–water partition coefficient (Wildman–Crippen LogP) is 2.84. The molecule has 0 spiro atoms. The zero-order chi connectivity index (χ0) is 13.1. The van der Waals surface area contributed by atoms with Gasteiger partial charge in [0.15, 0.2) is 0 Å². The van der Waals surface area contributed by atoms with Gasteiger partial charge in [-0.3, -0.25) is 4.79 Å². The summed E-state index contributed by atoms with van der Waals surface area (Å²) in [5.74, 6) is -1.29. The van der Waals surface area contributed by atoms with Gasteiger partial charge in [0.05, 0.1) is 5.56 Å². The summed E-state index contributed by atoms with van der Waals surface area (Å²) in [5, 5.41) is 12.3. The third kappa shape index (κ3) is 3.73. The average molecular weight is 239 g/mol. The first-order valence-electron chi connectivity index (χ1n) is 5.67. The van der Waals surface area contributed by atoms with Crippen molar-refractivity contribution in [2.45, 2.75) is 39.2 Å². The fourth-order valence-corrected chi connectivity index (χ4v) is 1.76. The first kappa shape index (κ1) is 13.5. The van der Waals surface area contributed by atoms with Crippen LogP contribution in [0.2, 0.25) is 0 Å². The van der Waals surface area contributed by atoms with Crippen molar-refractivity contribution in [3.63, 3.8) is 0 Å². The molecule has 4 heteroatoms. The van der Waals surface area contributed by atoms with Crippen LogP contribution in [-0.4, -0.2) is 16.6 Å². The van der Waals surface area contributed by atoms with E-state index < -0.39 is 5.82 Å². The number of aromatic hydroxyl groups is 1. The topological polar surface area (TPSA) is 49.3 Å². The Morgan fingerprint density at radius 2 is 2.12 bits per heavy atom. The first-order valence-corrected chi connectivity index (χ1v) is 5.67. The normalized spacial score (nSPS) is 11.3. The van der Waals surface area contributed by atoms with Gasteiger partial charge in [-0.15, -0.1) is 0 Å². The van der Waals surface area contributed by atoms with E-state index in [1.54, 1.807) is 0 Å². The summed E-state index contributed by atoms with van der Waals surface area (Å²) in [7, 11) is 0. The summed E-state index contributed by atoms with van der Waals surface area (Å²) >= 11 is 0. The lowest BCUT2D eigenvalue weighted by Gasteiger charge is -2.25. The molecule has 0 heterocycles. The number of rotatable bonds is 4. The molecular formula is C13H18FNO2. The summed E-state index contributed by atoms with van der Waals surface area (Å²) in [5.41, 5.74) is -0.247. The molecule has 3 nitrogen and oxygen atoms in total. The Kier molecular flexibility index (Phi) is 4.10. The van der Waals surface area contributed by atoms with Crippen molar-refractivity contribution in [3.8, 4) is 5.75 Å². The molecule has 0 aliphatic carbocycles. The molecule has 0 saturated carbocycles. The van der Waals surface area contributed by atoms with Crippen LogP contribution in [0.3, 0.4) is 0 Å². The highest BCUT2D eigenvalue weighted by Gasteiger charge is 2.21. The summed E-state index contributed by atoms with van der Waals surface area (Å²) in [6, 6.07) is 3.37. The number of carbonyl (C=O) groups excluding carboxylic acids is 1. The maximum Gasteiger partial charge on any atom is 0.255 e. The predicted molar refractivity (Wildman–Crippen MR) is 64.5 cm³/mol. The minimum Gasteiger partial charge on any atom is -0.507 e. The minimum atomic E-state index is -0.563. The van der Waals surface area contributed by atoms with Crippen LogP contribution in [-0.2, 0) is 0 Å². The number of halogens is 1. The first-order chi connectivity index (χ1) is 7.85. The molecule has 1 aromatic carbocycles. The molecule has 1 aromatic rings. The number of hydrogen-bond acceptors (Lipinski definition) is 2. The number of benzene rings is 1. The lowest BCUT2D eigenvalue weighted by molar-refractivity contribution is 0.0906. The second kappa shape index (κ2) is 5.17. The van der Waals surface area contributed by atoms with Crippen LogP contribution in [0, 0.1) is 5.82 Å². The molecule has 1 amide bonds. The Bertz CT molecular complexity index is 416. The van der Waals surface area contributed by atoms with Gasteiger partial charge >= 0.3 is 0 Å². The average Bonchev–Trinajstić information content (AvgIpc) is 2.15. The molecule has 0 unspecified atom stereocenters. The minimum absolute atomic E-state index is 0.0931. The van der Waals surface area contributed by atoms with Crippen LogP contribution in [0.4, 0.5) is 4.39 Å². The summed E-state index contributed by atoms with van der Waals surface area (Å²) in [4.78, 5) is 11.9. The maximum absolute atomic E-state index is 12.8. The third-order valence-electron chi connectivity index (χ3n) is 2.53. The van der Waals surface area contributed by atoms with Gasteiger partial charge < -0.3 is 10.4 Å². The van der Waals surface area contributed by atoms with E-state index in [0.717, 1.165) is 25.0 Å². The van der Waals surface area contributed by atoms with Gasteiger partial charge in [-0.2, -0.15) is 0 Å². The Hall–Kier alpha value is -1.58. The van der Waals surface area contributed by atoms with Crippen molar-refractivity contribution in [2.24, 2.45) is 0 Å². The van der Waals surface area contributed by atoms with E-state index >= 15 is 0 Å². The van der Waals surface area contributed by atoms with E-state index in [1.165, 1.54) is 6.07 Å². The molecular weight excluding hydrogens is 221 g/mol. The van der Waals surface area contributed by atoms with Crippen LogP contribution in [0.5, 0.6) is 5.75 Å². The monoisotopic (exact) mass is 239 g/mol. The number of nitrogens with one attached hydrogen (secondary N) is 1. The summed E-state index contributed by atoms with van der Waals surface area (Å²) in [6.45, 7) is 5.85. The molecule has 0 bridgehead atoms.